The quantitative estimate of drug-likeness (QED) is 0.891. The van der Waals surface area contributed by atoms with E-state index in [9.17, 15) is 0 Å². The normalized spacial score (nSPS) is 16.5. The van der Waals surface area contributed by atoms with Crippen molar-refractivity contribution < 1.29 is 4.74 Å². The molecule has 1 aliphatic heterocycles. The van der Waals surface area contributed by atoms with Crippen LogP contribution in [-0.2, 0) is 7.05 Å². The predicted octanol–water partition coefficient (Wildman–Crippen LogP) is 1.01. The summed E-state index contributed by atoms with van der Waals surface area (Å²) in [6.45, 7) is 2.01. The van der Waals surface area contributed by atoms with Crippen LogP contribution in [0, 0.1) is 0 Å². The van der Waals surface area contributed by atoms with Crippen LogP contribution >= 0.6 is 0 Å². The van der Waals surface area contributed by atoms with Crippen LogP contribution in [0.5, 0.6) is 5.88 Å². The first-order valence-electron chi connectivity index (χ1n) is 6.51. The van der Waals surface area contributed by atoms with Crippen molar-refractivity contribution in [3.8, 4) is 17.3 Å². The Balaban J connectivity index is 1.78. The topological polar surface area (TPSA) is 64.9 Å². The molecule has 3 rings (SSSR count). The molecule has 1 saturated heterocycles. The van der Waals surface area contributed by atoms with E-state index in [2.05, 4.69) is 20.4 Å². The van der Waals surface area contributed by atoms with Gasteiger partial charge in [-0.1, -0.05) is 0 Å². The summed E-state index contributed by atoms with van der Waals surface area (Å²) in [4.78, 5) is 8.46. The van der Waals surface area contributed by atoms with Crippen molar-refractivity contribution in [1.29, 1.82) is 0 Å². The van der Waals surface area contributed by atoms with E-state index < -0.39 is 0 Å². The van der Waals surface area contributed by atoms with Gasteiger partial charge in [-0.15, -0.1) is 0 Å². The van der Waals surface area contributed by atoms with Crippen molar-refractivity contribution in [3.05, 3.63) is 24.7 Å². The van der Waals surface area contributed by atoms with Crippen molar-refractivity contribution in [3.63, 3.8) is 0 Å². The van der Waals surface area contributed by atoms with Crippen LogP contribution in [0.1, 0.15) is 12.8 Å². The molecule has 0 aromatic carbocycles. The summed E-state index contributed by atoms with van der Waals surface area (Å²) in [5.74, 6) is 0.637. The lowest BCUT2D eigenvalue weighted by atomic mass is 10.1. The second kappa shape index (κ2) is 5.36. The summed E-state index contributed by atoms with van der Waals surface area (Å²) in [5.41, 5.74) is 1.79. The average molecular weight is 259 g/mol. The summed E-state index contributed by atoms with van der Waals surface area (Å²) < 4.78 is 7.70. The number of aryl methyl sites for hydroxylation is 1. The molecule has 0 unspecified atom stereocenters. The van der Waals surface area contributed by atoms with Crippen LogP contribution in [0.4, 0.5) is 0 Å². The van der Waals surface area contributed by atoms with Crippen LogP contribution in [0.15, 0.2) is 24.7 Å². The lowest BCUT2D eigenvalue weighted by Crippen LogP contribution is -2.34. The van der Waals surface area contributed by atoms with E-state index in [4.69, 9.17) is 4.74 Å². The van der Waals surface area contributed by atoms with Crippen LogP contribution < -0.4 is 10.1 Å². The number of aromatic nitrogens is 4. The van der Waals surface area contributed by atoms with Gasteiger partial charge in [0.2, 0.25) is 5.88 Å². The maximum Gasteiger partial charge on any atom is 0.217 e. The SMILES string of the molecule is Cn1nccc1-c1cc(OC2CCNCC2)ncn1. The first kappa shape index (κ1) is 12.1. The zero-order valence-corrected chi connectivity index (χ0v) is 10.9. The molecular weight excluding hydrogens is 242 g/mol. The fourth-order valence-corrected chi connectivity index (χ4v) is 2.25. The third kappa shape index (κ3) is 2.73. The van der Waals surface area contributed by atoms with Crippen LogP contribution in [0.25, 0.3) is 11.4 Å². The lowest BCUT2D eigenvalue weighted by molar-refractivity contribution is 0.156. The van der Waals surface area contributed by atoms with Gasteiger partial charge < -0.3 is 10.1 Å². The van der Waals surface area contributed by atoms with Gasteiger partial charge in [0, 0.05) is 19.3 Å². The predicted molar refractivity (Wildman–Crippen MR) is 70.8 cm³/mol. The Kier molecular flexibility index (Phi) is 3.41. The second-order valence-corrected chi connectivity index (χ2v) is 4.65. The molecule has 0 amide bonds. The highest BCUT2D eigenvalue weighted by Gasteiger charge is 2.15. The zero-order chi connectivity index (χ0) is 13.1. The summed E-state index contributed by atoms with van der Waals surface area (Å²) in [6.07, 6.45) is 5.58. The second-order valence-electron chi connectivity index (χ2n) is 4.65. The number of rotatable bonds is 3. The van der Waals surface area contributed by atoms with Crippen LogP contribution in [0.3, 0.4) is 0 Å². The Morgan fingerprint density at radius 1 is 1.32 bits per heavy atom. The molecule has 0 saturated carbocycles. The van der Waals surface area contributed by atoms with E-state index >= 15 is 0 Å². The van der Waals surface area contributed by atoms with E-state index in [0.717, 1.165) is 37.3 Å². The number of hydrogen-bond acceptors (Lipinski definition) is 5. The Morgan fingerprint density at radius 2 is 2.16 bits per heavy atom. The van der Waals surface area contributed by atoms with Crippen molar-refractivity contribution in [2.24, 2.45) is 7.05 Å². The Morgan fingerprint density at radius 3 is 2.89 bits per heavy atom. The highest BCUT2D eigenvalue weighted by Crippen LogP contribution is 2.20. The molecule has 1 fully saturated rings. The Hall–Kier alpha value is -1.95. The number of piperidine rings is 1. The molecule has 0 radical (unpaired) electrons. The molecule has 100 valence electrons. The van der Waals surface area contributed by atoms with Crippen molar-refractivity contribution >= 4 is 0 Å². The van der Waals surface area contributed by atoms with Gasteiger partial charge in [0.1, 0.15) is 12.4 Å². The highest BCUT2D eigenvalue weighted by atomic mass is 16.5. The number of nitrogens with zero attached hydrogens (tertiary/aromatic N) is 4. The molecule has 0 aliphatic carbocycles. The Labute approximate surface area is 111 Å². The van der Waals surface area contributed by atoms with Gasteiger partial charge in [0.05, 0.1) is 11.4 Å². The molecule has 1 N–H and O–H groups in total. The van der Waals surface area contributed by atoms with Crippen LogP contribution in [0.2, 0.25) is 0 Å². The molecule has 19 heavy (non-hydrogen) atoms. The summed E-state index contributed by atoms with van der Waals surface area (Å²) in [7, 11) is 1.89. The minimum Gasteiger partial charge on any atom is -0.474 e. The fourth-order valence-electron chi connectivity index (χ4n) is 2.25. The van der Waals surface area contributed by atoms with Gasteiger partial charge in [-0.2, -0.15) is 5.10 Å². The van der Waals surface area contributed by atoms with Gasteiger partial charge in [-0.05, 0) is 32.0 Å². The number of hydrogen-bond donors (Lipinski definition) is 1. The number of ether oxygens (including phenoxy) is 1. The smallest absolute Gasteiger partial charge is 0.217 e. The molecule has 0 spiro atoms. The fraction of sp³-hybridized carbons (Fsp3) is 0.462. The van der Waals surface area contributed by atoms with Crippen molar-refractivity contribution in [2.75, 3.05) is 13.1 Å². The van der Waals surface area contributed by atoms with E-state index in [1.807, 2.05) is 19.2 Å². The largest absolute Gasteiger partial charge is 0.474 e. The van der Waals surface area contributed by atoms with E-state index in [1.165, 1.54) is 0 Å². The van der Waals surface area contributed by atoms with Gasteiger partial charge in [0.25, 0.3) is 0 Å². The van der Waals surface area contributed by atoms with E-state index in [0.29, 0.717) is 5.88 Å². The summed E-state index contributed by atoms with van der Waals surface area (Å²) >= 11 is 0. The van der Waals surface area contributed by atoms with E-state index in [-0.39, 0.29) is 6.10 Å². The zero-order valence-electron chi connectivity index (χ0n) is 10.9. The lowest BCUT2D eigenvalue weighted by Gasteiger charge is -2.23. The maximum atomic E-state index is 5.91. The third-order valence-corrected chi connectivity index (χ3v) is 3.30. The van der Waals surface area contributed by atoms with Gasteiger partial charge in [-0.3, -0.25) is 4.68 Å². The molecule has 2 aromatic heterocycles. The Bertz CT molecular complexity index is 547. The van der Waals surface area contributed by atoms with E-state index in [1.54, 1.807) is 17.2 Å². The average Bonchev–Trinajstić information content (AvgIpc) is 2.86. The molecule has 3 heterocycles. The minimum absolute atomic E-state index is 0.246. The van der Waals surface area contributed by atoms with Gasteiger partial charge in [0.15, 0.2) is 0 Å². The minimum atomic E-state index is 0.246. The molecule has 0 atom stereocenters. The maximum absolute atomic E-state index is 5.91. The molecule has 0 bridgehead atoms. The summed E-state index contributed by atoms with van der Waals surface area (Å²) in [5, 5.41) is 7.46. The molecule has 1 aliphatic rings. The first-order chi connectivity index (χ1) is 9.33. The first-order valence-corrected chi connectivity index (χ1v) is 6.51. The molecule has 6 nitrogen and oxygen atoms in total. The van der Waals surface area contributed by atoms with Gasteiger partial charge in [-0.25, -0.2) is 9.97 Å². The highest BCUT2D eigenvalue weighted by molar-refractivity contribution is 5.54. The van der Waals surface area contributed by atoms with Crippen molar-refractivity contribution in [1.82, 2.24) is 25.1 Å². The summed E-state index contributed by atoms with van der Waals surface area (Å²) in [6, 6.07) is 3.80. The molecular formula is C13H17N5O. The number of nitrogens with one attached hydrogen (secondary N) is 1. The molecule has 6 heteroatoms. The monoisotopic (exact) mass is 259 g/mol. The molecule has 2 aromatic rings. The van der Waals surface area contributed by atoms with Crippen LogP contribution in [-0.4, -0.2) is 38.9 Å². The third-order valence-electron chi connectivity index (χ3n) is 3.30. The van der Waals surface area contributed by atoms with Crippen molar-refractivity contribution in [2.45, 2.75) is 18.9 Å². The van der Waals surface area contributed by atoms with Gasteiger partial charge >= 0.3 is 0 Å². The standard InChI is InChI=1S/C13H17N5O/c1-18-12(4-7-17-18)11-8-13(16-9-15-11)19-10-2-5-14-6-3-10/h4,7-10,14H,2-3,5-6H2,1H3.